The van der Waals surface area contributed by atoms with E-state index in [0.717, 1.165) is 12.0 Å². The quantitative estimate of drug-likeness (QED) is 0.804. The third kappa shape index (κ3) is 2.80. The van der Waals surface area contributed by atoms with Gasteiger partial charge in [-0.3, -0.25) is 4.79 Å². The first-order valence-electron chi connectivity index (χ1n) is 9.27. The molecule has 0 saturated heterocycles. The zero-order valence-corrected chi connectivity index (χ0v) is 13.5. The van der Waals surface area contributed by atoms with Crippen molar-refractivity contribution >= 4 is 5.91 Å². The monoisotopic (exact) mass is 297 g/mol. The number of rotatable bonds is 3. The molecule has 2 nitrogen and oxygen atoms in total. The first kappa shape index (κ1) is 14.3. The minimum Gasteiger partial charge on any atom is -0.333 e. The van der Waals surface area contributed by atoms with Crippen molar-refractivity contribution in [1.82, 2.24) is 4.90 Å². The molecule has 22 heavy (non-hydrogen) atoms. The number of hydrogen-bond donors (Lipinski definition) is 0. The van der Waals surface area contributed by atoms with Crippen LogP contribution in [0, 0.1) is 0 Å². The molecule has 118 valence electrons. The molecular weight excluding hydrogens is 270 g/mol. The number of amides is 1. The summed E-state index contributed by atoms with van der Waals surface area (Å²) in [6, 6.07) is 7.55. The Balaban J connectivity index is 1.58. The average Bonchev–Trinajstić information content (AvgIpc) is 3.40. The van der Waals surface area contributed by atoms with Gasteiger partial charge in [0.1, 0.15) is 0 Å². The molecule has 0 heterocycles. The summed E-state index contributed by atoms with van der Waals surface area (Å²) in [5.74, 6) is 0.308. The van der Waals surface area contributed by atoms with Gasteiger partial charge in [-0.25, -0.2) is 0 Å². The zero-order valence-electron chi connectivity index (χ0n) is 13.5. The Kier molecular flexibility index (Phi) is 3.94. The molecule has 0 aromatic heterocycles. The Hall–Kier alpha value is -1.31. The molecular formula is C20H27NO. The van der Waals surface area contributed by atoms with Crippen LogP contribution in [0.15, 0.2) is 18.2 Å². The Morgan fingerprint density at radius 2 is 1.50 bits per heavy atom. The number of fused-ring (bicyclic) bond motifs is 1. The number of carbonyl (C=O) groups is 1. The molecule has 1 aromatic rings. The number of benzene rings is 1. The lowest BCUT2D eigenvalue weighted by Gasteiger charge is -2.35. The van der Waals surface area contributed by atoms with Gasteiger partial charge in [0.2, 0.25) is 0 Å². The molecule has 0 atom stereocenters. The van der Waals surface area contributed by atoms with Gasteiger partial charge in [-0.15, -0.1) is 0 Å². The van der Waals surface area contributed by atoms with Crippen molar-refractivity contribution in [2.24, 2.45) is 0 Å². The van der Waals surface area contributed by atoms with Gasteiger partial charge >= 0.3 is 0 Å². The van der Waals surface area contributed by atoms with Gasteiger partial charge < -0.3 is 4.90 Å². The van der Waals surface area contributed by atoms with Crippen molar-refractivity contribution < 1.29 is 4.79 Å². The van der Waals surface area contributed by atoms with E-state index in [9.17, 15) is 4.79 Å². The fourth-order valence-corrected chi connectivity index (χ4v) is 4.36. The van der Waals surface area contributed by atoms with E-state index in [1.807, 2.05) is 0 Å². The van der Waals surface area contributed by atoms with E-state index in [1.54, 1.807) is 0 Å². The Morgan fingerprint density at radius 3 is 2.23 bits per heavy atom. The van der Waals surface area contributed by atoms with Crippen molar-refractivity contribution in [3.63, 3.8) is 0 Å². The topological polar surface area (TPSA) is 20.3 Å². The Morgan fingerprint density at radius 1 is 0.818 bits per heavy atom. The zero-order chi connectivity index (χ0) is 14.9. The van der Waals surface area contributed by atoms with Gasteiger partial charge in [0.15, 0.2) is 0 Å². The summed E-state index contributed by atoms with van der Waals surface area (Å²) in [5.41, 5.74) is 3.84. The first-order chi connectivity index (χ1) is 10.8. The van der Waals surface area contributed by atoms with E-state index in [-0.39, 0.29) is 0 Å². The van der Waals surface area contributed by atoms with Crippen molar-refractivity contribution in [3.8, 4) is 0 Å². The van der Waals surface area contributed by atoms with Crippen molar-refractivity contribution in [2.45, 2.75) is 82.7 Å². The molecule has 1 aromatic carbocycles. The maximum atomic E-state index is 13.1. The number of hydrogen-bond acceptors (Lipinski definition) is 1. The molecule has 3 aliphatic carbocycles. The van der Waals surface area contributed by atoms with Gasteiger partial charge in [-0.1, -0.05) is 25.3 Å². The molecule has 1 amide bonds. The number of nitrogens with zero attached hydrogens (tertiary/aromatic N) is 1. The smallest absolute Gasteiger partial charge is 0.254 e. The minimum absolute atomic E-state index is 0.308. The second-order valence-corrected chi connectivity index (χ2v) is 7.43. The SMILES string of the molecule is O=C(c1ccc2c(c1)CCCC2)N(C1CCCCC1)C1CC1. The van der Waals surface area contributed by atoms with Gasteiger partial charge in [0.25, 0.3) is 5.91 Å². The van der Waals surface area contributed by atoms with E-state index in [0.29, 0.717) is 18.0 Å². The minimum atomic E-state index is 0.308. The van der Waals surface area contributed by atoms with Gasteiger partial charge in [-0.05, 0) is 74.6 Å². The van der Waals surface area contributed by atoms with Gasteiger partial charge in [0, 0.05) is 17.6 Å². The van der Waals surface area contributed by atoms with Gasteiger partial charge in [-0.2, -0.15) is 0 Å². The second-order valence-electron chi connectivity index (χ2n) is 7.43. The van der Waals surface area contributed by atoms with E-state index in [2.05, 4.69) is 23.1 Å². The van der Waals surface area contributed by atoms with Crippen LogP contribution in [0.2, 0.25) is 0 Å². The lowest BCUT2D eigenvalue weighted by Crippen LogP contribution is -2.43. The Labute approximate surface area is 133 Å². The van der Waals surface area contributed by atoms with Crippen molar-refractivity contribution in [1.29, 1.82) is 0 Å². The molecule has 0 radical (unpaired) electrons. The second kappa shape index (κ2) is 6.06. The molecule has 0 bridgehead atoms. The van der Waals surface area contributed by atoms with Crippen LogP contribution in [0.5, 0.6) is 0 Å². The maximum Gasteiger partial charge on any atom is 0.254 e. The van der Waals surface area contributed by atoms with Crippen LogP contribution >= 0.6 is 0 Å². The van der Waals surface area contributed by atoms with Crippen LogP contribution in [-0.2, 0) is 12.8 Å². The van der Waals surface area contributed by atoms with Crippen LogP contribution in [0.25, 0.3) is 0 Å². The van der Waals surface area contributed by atoms with Gasteiger partial charge in [0.05, 0.1) is 0 Å². The van der Waals surface area contributed by atoms with E-state index in [1.165, 1.54) is 75.3 Å². The summed E-state index contributed by atoms with van der Waals surface area (Å²) < 4.78 is 0. The predicted octanol–water partition coefficient (Wildman–Crippen LogP) is 4.50. The van der Waals surface area contributed by atoms with Crippen molar-refractivity contribution in [3.05, 3.63) is 34.9 Å². The van der Waals surface area contributed by atoms with E-state index < -0.39 is 0 Å². The third-order valence-electron chi connectivity index (χ3n) is 5.74. The average molecular weight is 297 g/mol. The number of carbonyl (C=O) groups excluding carboxylic acids is 1. The molecule has 0 N–H and O–H groups in total. The lowest BCUT2D eigenvalue weighted by atomic mass is 9.89. The standard InChI is InChI=1S/C20H27NO/c22-20(17-11-10-15-6-4-5-7-16(15)14-17)21(19-12-13-19)18-8-2-1-3-9-18/h10-11,14,18-19H,1-9,12-13H2. The van der Waals surface area contributed by atoms with Crippen molar-refractivity contribution in [2.75, 3.05) is 0 Å². The summed E-state index contributed by atoms with van der Waals surface area (Å²) in [7, 11) is 0. The summed E-state index contributed by atoms with van der Waals surface area (Å²) in [6.07, 6.45) is 13.7. The summed E-state index contributed by atoms with van der Waals surface area (Å²) in [6.45, 7) is 0. The summed E-state index contributed by atoms with van der Waals surface area (Å²) in [4.78, 5) is 15.4. The molecule has 2 heteroatoms. The van der Waals surface area contributed by atoms with E-state index in [4.69, 9.17) is 0 Å². The molecule has 0 spiro atoms. The highest BCUT2D eigenvalue weighted by Crippen LogP contribution is 2.35. The highest BCUT2D eigenvalue weighted by atomic mass is 16.2. The van der Waals surface area contributed by atoms with Crippen LogP contribution < -0.4 is 0 Å². The fraction of sp³-hybridized carbons (Fsp3) is 0.650. The van der Waals surface area contributed by atoms with Crippen LogP contribution in [0.3, 0.4) is 0 Å². The molecule has 3 aliphatic rings. The third-order valence-corrected chi connectivity index (χ3v) is 5.74. The summed E-state index contributed by atoms with van der Waals surface area (Å²) >= 11 is 0. The highest BCUT2D eigenvalue weighted by molar-refractivity contribution is 5.95. The molecule has 4 rings (SSSR count). The highest BCUT2D eigenvalue weighted by Gasteiger charge is 2.38. The Bertz CT molecular complexity index is 555. The van der Waals surface area contributed by atoms with Crippen LogP contribution in [-0.4, -0.2) is 22.9 Å². The lowest BCUT2D eigenvalue weighted by molar-refractivity contribution is 0.0614. The fourth-order valence-electron chi connectivity index (χ4n) is 4.36. The molecule has 0 unspecified atom stereocenters. The normalized spacial score (nSPS) is 22.2. The largest absolute Gasteiger partial charge is 0.333 e. The maximum absolute atomic E-state index is 13.1. The van der Waals surface area contributed by atoms with Crippen LogP contribution in [0.4, 0.5) is 0 Å². The summed E-state index contributed by atoms with van der Waals surface area (Å²) in [5, 5.41) is 0. The van der Waals surface area contributed by atoms with Crippen LogP contribution in [0.1, 0.15) is 79.3 Å². The first-order valence-corrected chi connectivity index (χ1v) is 9.27. The molecule has 2 saturated carbocycles. The molecule has 0 aliphatic heterocycles. The number of aryl methyl sites for hydroxylation is 2. The predicted molar refractivity (Wildman–Crippen MR) is 89.1 cm³/mol. The van der Waals surface area contributed by atoms with E-state index >= 15 is 0 Å². The molecule has 2 fully saturated rings.